The third-order valence-electron chi connectivity index (χ3n) is 5.40. The van der Waals surface area contributed by atoms with E-state index in [9.17, 15) is 31.0 Å². The topological polar surface area (TPSA) is 86.2 Å². The smallest absolute Gasteiger partial charge is 0.369 e. The fourth-order valence-corrected chi connectivity index (χ4v) is 4.41. The molecule has 0 bridgehead atoms. The van der Waals surface area contributed by atoms with Crippen LogP contribution < -0.4 is 10.2 Å². The molecule has 6 nitrogen and oxygen atoms in total. The average Bonchev–Trinajstić information content (AvgIpc) is 2.86. The van der Waals surface area contributed by atoms with Crippen molar-refractivity contribution in [2.45, 2.75) is 43.2 Å². The minimum atomic E-state index is -4.82. The van der Waals surface area contributed by atoms with Gasteiger partial charge in [-0.25, -0.2) is 22.8 Å². The Morgan fingerprint density at radius 1 is 1.24 bits per heavy atom. The molecule has 1 atom stereocenters. The number of pyridine rings is 1. The van der Waals surface area contributed by atoms with Gasteiger partial charge in [-0.2, -0.15) is 13.2 Å². The Morgan fingerprint density at radius 3 is 2.58 bits per heavy atom. The van der Waals surface area contributed by atoms with Crippen molar-refractivity contribution in [3.8, 4) is 0 Å². The SMILES string of the molecule is Cc1c(C(F)(F)F)ncc(N2CCCC(F)(F)CC2)c1C(=O)Nc1cccc([S@](C)(=N)=O)c1. The molecule has 1 aliphatic heterocycles. The van der Waals surface area contributed by atoms with Crippen LogP contribution in [0.4, 0.5) is 33.3 Å². The number of nitrogens with one attached hydrogen (secondary N) is 2. The van der Waals surface area contributed by atoms with E-state index in [1.165, 1.54) is 35.4 Å². The lowest BCUT2D eigenvalue weighted by Crippen LogP contribution is -2.30. The van der Waals surface area contributed by atoms with Crippen LogP contribution >= 0.6 is 0 Å². The number of aromatic nitrogens is 1. The monoisotopic (exact) mass is 490 g/mol. The van der Waals surface area contributed by atoms with E-state index in [4.69, 9.17) is 4.78 Å². The van der Waals surface area contributed by atoms with Crippen molar-refractivity contribution in [3.05, 3.63) is 47.3 Å². The highest BCUT2D eigenvalue weighted by Crippen LogP contribution is 2.37. The van der Waals surface area contributed by atoms with Gasteiger partial charge >= 0.3 is 6.18 Å². The van der Waals surface area contributed by atoms with Gasteiger partial charge in [0.15, 0.2) is 0 Å². The van der Waals surface area contributed by atoms with Crippen molar-refractivity contribution in [2.24, 2.45) is 0 Å². The molecule has 33 heavy (non-hydrogen) atoms. The van der Waals surface area contributed by atoms with Crippen molar-refractivity contribution in [2.75, 3.05) is 29.6 Å². The van der Waals surface area contributed by atoms with Crippen LogP contribution in [0.2, 0.25) is 0 Å². The summed E-state index contributed by atoms with van der Waals surface area (Å²) in [5.41, 5.74) is -1.82. The Bertz CT molecular complexity index is 1170. The van der Waals surface area contributed by atoms with Crippen molar-refractivity contribution in [3.63, 3.8) is 0 Å². The molecule has 2 heterocycles. The number of rotatable bonds is 4. The highest BCUT2D eigenvalue weighted by molar-refractivity contribution is 7.91. The molecule has 0 spiro atoms. The molecule has 1 fully saturated rings. The zero-order valence-corrected chi connectivity index (χ0v) is 18.7. The van der Waals surface area contributed by atoms with Crippen LogP contribution in [-0.2, 0) is 15.9 Å². The number of anilines is 2. The van der Waals surface area contributed by atoms with Crippen LogP contribution in [0, 0.1) is 11.7 Å². The van der Waals surface area contributed by atoms with Gasteiger partial charge in [-0.1, -0.05) is 6.07 Å². The van der Waals surface area contributed by atoms with Crippen LogP contribution in [-0.4, -0.2) is 40.4 Å². The molecule has 0 unspecified atom stereocenters. The van der Waals surface area contributed by atoms with E-state index in [0.29, 0.717) is 0 Å². The molecular weight excluding hydrogens is 467 g/mol. The van der Waals surface area contributed by atoms with Gasteiger partial charge in [0.25, 0.3) is 5.91 Å². The fourth-order valence-electron chi connectivity index (χ4n) is 3.72. The first-order valence-corrected chi connectivity index (χ1v) is 12.0. The van der Waals surface area contributed by atoms with Gasteiger partial charge in [0.1, 0.15) is 5.69 Å². The Hall–Kier alpha value is -2.76. The Balaban J connectivity index is 2.05. The first-order chi connectivity index (χ1) is 15.2. The molecule has 2 N–H and O–H groups in total. The lowest BCUT2D eigenvalue weighted by atomic mass is 10.0. The number of halogens is 5. The normalized spacial score (nSPS) is 18.3. The Labute approximate surface area is 188 Å². The Morgan fingerprint density at radius 2 is 1.94 bits per heavy atom. The number of nitrogens with zero attached hydrogens (tertiary/aromatic N) is 2. The van der Waals surface area contributed by atoms with Gasteiger partial charge in [0.05, 0.1) is 27.2 Å². The highest BCUT2D eigenvalue weighted by Gasteiger charge is 2.38. The maximum absolute atomic E-state index is 13.8. The van der Waals surface area contributed by atoms with Gasteiger partial charge in [-0.15, -0.1) is 0 Å². The fraction of sp³-hybridized carbons (Fsp3) is 0.429. The summed E-state index contributed by atoms with van der Waals surface area (Å²) in [6.07, 6.45) is -3.47. The summed E-state index contributed by atoms with van der Waals surface area (Å²) < 4.78 is 87.8. The Kier molecular flexibility index (Phi) is 6.69. The summed E-state index contributed by atoms with van der Waals surface area (Å²) in [7, 11) is -3.09. The molecule has 1 amide bonds. The first kappa shape index (κ1) is 24.9. The maximum Gasteiger partial charge on any atom is 0.433 e. The molecule has 12 heteroatoms. The van der Waals surface area contributed by atoms with E-state index in [2.05, 4.69) is 10.3 Å². The molecule has 3 rings (SSSR count). The van der Waals surface area contributed by atoms with Crippen molar-refractivity contribution in [1.82, 2.24) is 4.98 Å². The second-order valence-corrected chi connectivity index (χ2v) is 10.2. The highest BCUT2D eigenvalue weighted by atomic mass is 32.2. The molecule has 1 aromatic heterocycles. The molecule has 1 aromatic carbocycles. The van der Waals surface area contributed by atoms with Gasteiger partial charge in [0.2, 0.25) is 5.92 Å². The molecule has 0 saturated carbocycles. The molecule has 1 aliphatic rings. The number of carbonyl (C=O) groups excluding carboxylic acids is 1. The number of carbonyl (C=O) groups is 1. The van der Waals surface area contributed by atoms with E-state index < -0.39 is 45.4 Å². The van der Waals surface area contributed by atoms with E-state index in [1.807, 2.05) is 0 Å². The third-order valence-corrected chi connectivity index (χ3v) is 6.55. The standard InChI is InChI=1S/C21H23F5N4O2S/c1-13-17(19(31)29-14-5-3-6-15(11-14)33(2,27)32)16(12-28-18(13)21(24,25)26)30-9-4-7-20(22,23)8-10-30/h3,5-6,11-12,27H,4,7-10H2,1-2H3,(H,29,31)/t33-/m1/s1. The molecule has 0 radical (unpaired) electrons. The summed E-state index contributed by atoms with van der Waals surface area (Å²) in [4.78, 5) is 18.2. The quantitative estimate of drug-likeness (QED) is 0.568. The van der Waals surface area contributed by atoms with Crippen LogP contribution in [0.5, 0.6) is 0 Å². The van der Waals surface area contributed by atoms with Gasteiger partial charge < -0.3 is 10.2 Å². The predicted molar refractivity (Wildman–Crippen MR) is 114 cm³/mol. The van der Waals surface area contributed by atoms with Crippen LogP contribution in [0.3, 0.4) is 0 Å². The van der Waals surface area contributed by atoms with Gasteiger partial charge in [0, 0.05) is 42.8 Å². The van der Waals surface area contributed by atoms with Crippen molar-refractivity contribution in [1.29, 1.82) is 4.78 Å². The minimum Gasteiger partial charge on any atom is -0.369 e. The van der Waals surface area contributed by atoms with E-state index in [1.54, 1.807) is 0 Å². The minimum absolute atomic E-state index is 0.0339. The first-order valence-electron chi connectivity index (χ1n) is 10.0. The largest absolute Gasteiger partial charge is 0.433 e. The van der Waals surface area contributed by atoms with E-state index >= 15 is 0 Å². The lowest BCUT2D eigenvalue weighted by molar-refractivity contribution is -0.141. The number of hydrogen-bond acceptors (Lipinski definition) is 5. The summed E-state index contributed by atoms with van der Waals surface area (Å²) in [6, 6.07) is 5.65. The van der Waals surface area contributed by atoms with Crippen molar-refractivity contribution < 1.29 is 31.0 Å². The van der Waals surface area contributed by atoms with E-state index in [-0.39, 0.29) is 47.8 Å². The van der Waals surface area contributed by atoms with Gasteiger partial charge in [-0.3, -0.25) is 4.79 Å². The van der Waals surface area contributed by atoms with E-state index in [0.717, 1.165) is 13.1 Å². The number of amides is 1. The molecule has 180 valence electrons. The summed E-state index contributed by atoms with van der Waals surface area (Å²) >= 11 is 0. The number of hydrogen-bond donors (Lipinski definition) is 2. The zero-order chi connectivity index (χ0) is 24.6. The average molecular weight is 490 g/mol. The maximum atomic E-state index is 13.8. The molecular formula is C21H23F5N4O2S. The summed E-state index contributed by atoms with van der Waals surface area (Å²) in [6.45, 7) is 1.10. The molecule has 0 aliphatic carbocycles. The molecule has 1 saturated heterocycles. The zero-order valence-electron chi connectivity index (χ0n) is 17.9. The van der Waals surface area contributed by atoms with Crippen LogP contribution in [0.1, 0.15) is 40.9 Å². The number of alkyl halides is 5. The van der Waals surface area contributed by atoms with Crippen LogP contribution in [0.25, 0.3) is 0 Å². The van der Waals surface area contributed by atoms with Crippen LogP contribution in [0.15, 0.2) is 35.4 Å². The van der Waals surface area contributed by atoms with Crippen molar-refractivity contribution >= 4 is 27.0 Å². The lowest BCUT2D eigenvalue weighted by Gasteiger charge is -2.27. The summed E-state index contributed by atoms with van der Waals surface area (Å²) in [5, 5.41) is 2.48. The summed E-state index contributed by atoms with van der Waals surface area (Å²) in [5.74, 6) is -3.79. The predicted octanol–water partition coefficient (Wildman–Crippen LogP) is 5.32. The van der Waals surface area contributed by atoms with Gasteiger partial charge in [-0.05, 0) is 37.1 Å². The number of benzene rings is 1. The third kappa shape index (κ3) is 5.79. The second kappa shape index (κ2) is 8.88. The molecule has 2 aromatic rings. The second-order valence-electron chi connectivity index (χ2n) is 8.01.